The van der Waals surface area contributed by atoms with Crippen LogP contribution in [0.3, 0.4) is 0 Å². The maximum atomic E-state index is 9.64. The summed E-state index contributed by atoms with van der Waals surface area (Å²) in [5.74, 6) is 1.87. The fourth-order valence-electron chi connectivity index (χ4n) is 2.25. The predicted octanol–water partition coefficient (Wildman–Crippen LogP) is 3.68. The van der Waals surface area contributed by atoms with Gasteiger partial charge in [0.1, 0.15) is 23.8 Å². The van der Waals surface area contributed by atoms with E-state index in [4.69, 9.17) is 9.15 Å². The third-order valence-corrected chi connectivity index (χ3v) is 3.44. The minimum absolute atomic E-state index is 0.421. The summed E-state index contributed by atoms with van der Waals surface area (Å²) in [6.07, 6.45) is 1.10. The molecule has 0 fully saturated rings. The molecule has 1 unspecified atom stereocenters. The van der Waals surface area contributed by atoms with E-state index in [0.717, 1.165) is 17.0 Å². The van der Waals surface area contributed by atoms with Crippen molar-refractivity contribution in [3.8, 4) is 17.2 Å². The van der Waals surface area contributed by atoms with E-state index in [9.17, 15) is 5.11 Å². The molecule has 0 radical (unpaired) electrons. The van der Waals surface area contributed by atoms with Crippen molar-refractivity contribution < 1.29 is 14.3 Å². The van der Waals surface area contributed by atoms with Crippen LogP contribution in [0.15, 0.2) is 53.1 Å². The summed E-state index contributed by atoms with van der Waals surface area (Å²) in [4.78, 5) is 8.55. The van der Waals surface area contributed by atoms with Crippen molar-refractivity contribution in [1.29, 1.82) is 0 Å². The Morgan fingerprint density at radius 3 is 2.57 bits per heavy atom. The second kappa shape index (κ2) is 6.62. The van der Waals surface area contributed by atoms with Crippen molar-refractivity contribution in [2.45, 2.75) is 26.6 Å². The number of aromatic nitrogens is 2. The van der Waals surface area contributed by atoms with Gasteiger partial charge in [0.05, 0.1) is 11.8 Å². The zero-order chi connectivity index (χ0) is 16.2. The van der Waals surface area contributed by atoms with Crippen LogP contribution in [-0.4, -0.2) is 15.1 Å². The molecule has 0 bridgehead atoms. The van der Waals surface area contributed by atoms with Crippen LogP contribution in [0.1, 0.15) is 30.2 Å². The molecule has 3 aromatic rings. The number of aryl methyl sites for hydroxylation is 1. The molecule has 118 valence electrons. The Hall–Kier alpha value is -2.66. The van der Waals surface area contributed by atoms with E-state index in [0.29, 0.717) is 24.0 Å². The number of ether oxygens (including phenoxy) is 1. The molecule has 0 aliphatic rings. The molecule has 2 aromatic heterocycles. The molecule has 0 saturated heterocycles. The van der Waals surface area contributed by atoms with Gasteiger partial charge in [0.25, 0.3) is 0 Å². The average Bonchev–Trinajstić information content (AvgIpc) is 2.96. The highest BCUT2D eigenvalue weighted by Crippen LogP contribution is 2.26. The number of pyridine rings is 1. The molecule has 3 rings (SSSR count). The molecule has 1 aromatic carbocycles. The molecule has 0 aliphatic carbocycles. The maximum absolute atomic E-state index is 9.64. The van der Waals surface area contributed by atoms with Crippen molar-refractivity contribution in [3.63, 3.8) is 0 Å². The summed E-state index contributed by atoms with van der Waals surface area (Å²) in [6.45, 7) is 3.89. The molecule has 1 N–H and O–H groups in total. The Labute approximate surface area is 134 Å². The highest BCUT2D eigenvalue weighted by atomic mass is 16.5. The lowest BCUT2D eigenvalue weighted by Gasteiger charge is -2.05. The molecule has 5 heteroatoms. The van der Waals surface area contributed by atoms with E-state index in [1.54, 1.807) is 20.0 Å². The van der Waals surface area contributed by atoms with Gasteiger partial charge in [0.15, 0.2) is 0 Å². The van der Waals surface area contributed by atoms with Crippen molar-refractivity contribution in [3.05, 3.63) is 65.8 Å². The Kier molecular flexibility index (Phi) is 4.39. The first-order chi connectivity index (χ1) is 11.1. The molecular weight excluding hydrogens is 292 g/mol. The van der Waals surface area contributed by atoms with Gasteiger partial charge in [0.2, 0.25) is 5.89 Å². The van der Waals surface area contributed by atoms with Gasteiger partial charge in [-0.2, -0.15) is 0 Å². The van der Waals surface area contributed by atoms with E-state index >= 15 is 0 Å². The number of aliphatic hydroxyl groups excluding tert-OH is 1. The third kappa shape index (κ3) is 3.57. The molecule has 2 heterocycles. The maximum Gasteiger partial charge on any atom is 0.226 e. The summed E-state index contributed by atoms with van der Waals surface area (Å²) in [5.41, 5.74) is 2.28. The Bertz CT molecular complexity index is 765. The number of aliphatic hydroxyl groups is 1. The number of oxazole rings is 1. The normalized spacial score (nSPS) is 12.1. The van der Waals surface area contributed by atoms with Gasteiger partial charge in [-0.25, -0.2) is 4.98 Å². The lowest BCUT2D eigenvalue weighted by molar-refractivity contribution is 0.193. The van der Waals surface area contributed by atoms with Gasteiger partial charge in [0, 0.05) is 11.8 Å². The molecule has 0 saturated carbocycles. The molecule has 0 amide bonds. The highest BCUT2D eigenvalue weighted by molar-refractivity contribution is 5.55. The lowest BCUT2D eigenvalue weighted by Crippen LogP contribution is -1.97. The SMILES string of the molecule is Cc1oc(-c2ccc(OCc3ccccn3)cc2)nc1C(C)O. The van der Waals surface area contributed by atoms with Crippen LogP contribution < -0.4 is 4.74 Å². The quantitative estimate of drug-likeness (QED) is 0.778. The van der Waals surface area contributed by atoms with Crippen LogP contribution in [-0.2, 0) is 6.61 Å². The predicted molar refractivity (Wildman–Crippen MR) is 85.9 cm³/mol. The zero-order valence-corrected chi connectivity index (χ0v) is 13.1. The first-order valence-corrected chi connectivity index (χ1v) is 7.42. The largest absolute Gasteiger partial charge is 0.487 e. The fourth-order valence-corrected chi connectivity index (χ4v) is 2.25. The van der Waals surface area contributed by atoms with E-state index < -0.39 is 6.10 Å². The first-order valence-electron chi connectivity index (χ1n) is 7.42. The minimum Gasteiger partial charge on any atom is -0.487 e. The van der Waals surface area contributed by atoms with Gasteiger partial charge in [-0.3, -0.25) is 4.98 Å². The summed E-state index contributed by atoms with van der Waals surface area (Å²) < 4.78 is 11.3. The smallest absolute Gasteiger partial charge is 0.226 e. The number of nitrogens with zero attached hydrogens (tertiary/aromatic N) is 2. The van der Waals surface area contributed by atoms with E-state index in [1.807, 2.05) is 42.5 Å². The summed E-state index contributed by atoms with van der Waals surface area (Å²) in [7, 11) is 0. The molecule has 5 nitrogen and oxygen atoms in total. The number of hydrogen-bond acceptors (Lipinski definition) is 5. The van der Waals surface area contributed by atoms with Crippen LogP contribution >= 0.6 is 0 Å². The van der Waals surface area contributed by atoms with Crippen LogP contribution in [0.25, 0.3) is 11.5 Å². The van der Waals surface area contributed by atoms with Crippen molar-refractivity contribution in [2.24, 2.45) is 0 Å². The summed E-state index contributed by atoms with van der Waals surface area (Å²) in [5, 5.41) is 9.64. The van der Waals surface area contributed by atoms with Crippen LogP contribution in [0.5, 0.6) is 5.75 Å². The van der Waals surface area contributed by atoms with E-state index in [-0.39, 0.29) is 0 Å². The van der Waals surface area contributed by atoms with Gasteiger partial charge in [-0.1, -0.05) is 6.07 Å². The van der Waals surface area contributed by atoms with Crippen molar-refractivity contribution in [2.75, 3.05) is 0 Å². The fraction of sp³-hybridized carbons (Fsp3) is 0.222. The minimum atomic E-state index is -0.645. The molecular formula is C18H18N2O3. The first kappa shape index (κ1) is 15.2. The van der Waals surface area contributed by atoms with Crippen LogP contribution in [0, 0.1) is 6.92 Å². The van der Waals surface area contributed by atoms with Gasteiger partial charge in [-0.15, -0.1) is 0 Å². The summed E-state index contributed by atoms with van der Waals surface area (Å²) >= 11 is 0. The van der Waals surface area contributed by atoms with Crippen LogP contribution in [0.4, 0.5) is 0 Å². The number of rotatable bonds is 5. The second-order valence-electron chi connectivity index (χ2n) is 5.27. The zero-order valence-electron chi connectivity index (χ0n) is 13.1. The van der Waals surface area contributed by atoms with Crippen LogP contribution in [0.2, 0.25) is 0 Å². The Morgan fingerprint density at radius 1 is 1.17 bits per heavy atom. The molecule has 1 atom stereocenters. The van der Waals surface area contributed by atoms with Gasteiger partial charge < -0.3 is 14.3 Å². The Balaban J connectivity index is 1.71. The van der Waals surface area contributed by atoms with Gasteiger partial charge in [-0.05, 0) is 50.2 Å². The third-order valence-electron chi connectivity index (χ3n) is 3.44. The molecule has 23 heavy (non-hydrogen) atoms. The second-order valence-corrected chi connectivity index (χ2v) is 5.27. The highest BCUT2D eigenvalue weighted by Gasteiger charge is 2.15. The van der Waals surface area contributed by atoms with E-state index in [2.05, 4.69) is 9.97 Å². The summed E-state index contributed by atoms with van der Waals surface area (Å²) in [6, 6.07) is 13.2. The van der Waals surface area contributed by atoms with Crippen molar-refractivity contribution >= 4 is 0 Å². The standard InChI is InChI=1S/C18H18N2O3/c1-12(21)17-13(2)23-18(20-17)14-6-8-16(9-7-14)22-11-15-5-3-4-10-19-15/h3-10,12,21H,11H2,1-2H3. The number of benzene rings is 1. The van der Waals surface area contributed by atoms with E-state index in [1.165, 1.54) is 0 Å². The average molecular weight is 310 g/mol. The lowest BCUT2D eigenvalue weighted by atomic mass is 10.2. The molecule has 0 spiro atoms. The Morgan fingerprint density at radius 2 is 1.96 bits per heavy atom. The monoisotopic (exact) mass is 310 g/mol. The van der Waals surface area contributed by atoms with Crippen molar-refractivity contribution in [1.82, 2.24) is 9.97 Å². The molecule has 0 aliphatic heterocycles. The van der Waals surface area contributed by atoms with Gasteiger partial charge >= 0.3 is 0 Å². The topological polar surface area (TPSA) is 68.4 Å². The number of hydrogen-bond donors (Lipinski definition) is 1.